The molecule has 1 atom stereocenters. The van der Waals surface area contributed by atoms with Gasteiger partial charge in [-0.05, 0) is 39.5 Å². The molecule has 6 nitrogen and oxygen atoms in total. The summed E-state index contributed by atoms with van der Waals surface area (Å²) in [6.07, 6.45) is 3.99. The molecule has 0 saturated carbocycles. The summed E-state index contributed by atoms with van der Waals surface area (Å²) in [7, 11) is 0. The minimum Gasteiger partial charge on any atom is -0.342 e. The van der Waals surface area contributed by atoms with Gasteiger partial charge in [0, 0.05) is 13.1 Å². The molecule has 1 saturated heterocycles. The second kappa shape index (κ2) is 4.86. The highest BCUT2D eigenvalue weighted by Crippen LogP contribution is 2.22. The average Bonchev–Trinajstić information content (AvgIpc) is 2.83. The second-order valence-electron chi connectivity index (χ2n) is 7.05. The third-order valence-corrected chi connectivity index (χ3v) is 4.02. The first-order valence-corrected chi connectivity index (χ1v) is 7.60. The molecule has 1 aliphatic rings. The number of hydrogen-bond acceptors (Lipinski definition) is 4. The Kier molecular flexibility index (Phi) is 3.26. The van der Waals surface area contributed by atoms with Crippen LogP contribution >= 0.6 is 0 Å². The Morgan fingerprint density at radius 3 is 2.81 bits per heavy atom. The number of fused-ring (bicyclic) bond motifs is 1. The van der Waals surface area contributed by atoms with Gasteiger partial charge in [-0.3, -0.25) is 9.78 Å². The summed E-state index contributed by atoms with van der Waals surface area (Å²) in [4.78, 5) is 22.1. The van der Waals surface area contributed by atoms with Crippen molar-refractivity contribution in [3.63, 3.8) is 0 Å². The minimum atomic E-state index is -0.199. The van der Waals surface area contributed by atoms with Crippen LogP contribution in [0.25, 0.3) is 11.0 Å². The monoisotopic (exact) mass is 289 g/mol. The summed E-state index contributed by atoms with van der Waals surface area (Å²) in [5, 5.41) is 4.90. The number of rotatable bonds is 1. The zero-order valence-electron chi connectivity index (χ0n) is 13.2. The summed E-state index contributed by atoms with van der Waals surface area (Å²) in [5.41, 5.74) is 0.359. The highest BCUT2D eigenvalue weighted by molar-refractivity contribution is 5.74. The predicted octanol–water partition coefficient (Wildman–Crippen LogP) is 2.11. The number of hydrogen-bond donors (Lipinski definition) is 1. The standard InChI is InChI=1S/C15H23N5O/c1-10-6-5-7-19(9-10)14-17-12-11(13(21)18-14)8-16-20(12)15(2,3)4/h8,10H,5-7,9H2,1-4H3,(H,17,18,21). The van der Waals surface area contributed by atoms with Gasteiger partial charge in [0.1, 0.15) is 5.39 Å². The van der Waals surface area contributed by atoms with Crippen LogP contribution in [0.1, 0.15) is 40.5 Å². The summed E-state index contributed by atoms with van der Waals surface area (Å²) in [6, 6.07) is 0. The van der Waals surface area contributed by atoms with Crippen molar-refractivity contribution < 1.29 is 0 Å². The van der Waals surface area contributed by atoms with Crippen molar-refractivity contribution in [1.29, 1.82) is 0 Å². The zero-order valence-corrected chi connectivity index (χ0v) is 13.2. The Morgan fingerprint density at radius 1 is 1.38 bits per heavy atom. The van der Waals surface area contributed by atoms with E-state index >= 15 is 0 Å². The molecule has 3 heterocycles. The number of nitrogens with zero attached hydrogens (tertiary/aromatic N) is 4. The molecule has 1 fully saturated rings. The summed E-state index contributed by atoms with van der Waals surface area (Å²) in [5.74, 6) is 1.30. The van der Waals surface area contributed by atoms with Gasteiger partial charge in [-0.2, -0.15) is 10.1 Å². The van der Waals surface area contributed by atoms with Crippen LogP contribution in [0, 0.1) is 5.92 Å². The quantitative estimate of drug-likeness (QED) is 0.873. The van der Waals surface area contributed by atoms with Crippen LogP contribution < -0.4 is 10.5 Å². The van der Waals surface area contributed by atoms with E-state index in [1.54, 1.807) is 6.20 Å². The average molecular weight is 289 g/mol. The topological polar surface area (TPSA) is 66.8 Å². The maximum Gasteiger partial charge on any atom is 0.263 e. The van der Waals surface area contributed by atoms with E-state index in [1.165, 1.54) is 6.42 Å². The van der Waals surface area contributed by atoms with E-state index in [4.69, 9.17) is 4.98 Å². The fraction of sp³-hybridized carbons (Fsp3) is 0.667. The number of nitrogens with one attached hydrogen (secondary N) is 1. The third-order valence-electron chi connectivity index (χ3n) is 4.02. The van der Waals surface area contributed by atoms with Crippen molar-refractivity contribution in [2.75, 3.05) is 18.0 Å². The third kappa shape index (κ3) is 2.54. The van der Waals surface area contributed by atoms with E-state index < -0.39 is 0 Å². The number of aromatic nitrogens is 4. The normalized spacial score (nSPS) is 20.2. The Hall–Kier alpha value is -1.85. The molecule has 0 amide bonds. The first kappa shape index (κ1) is 14.1. The molecule has 0 bridgehead atoms. The van der Waals surface area contributed by atoms with Crippen LogP contribution in [0.2, 0.25) is 0 Å². The van der Waals surface area contributed by atoms with Crippen LogP contribution in [0.3, 0.4) is 0 Å². The highest BCUT2D eigenvalue weighted by Gasteiger charge is 2.23. The molecular formula is C15H23N5O. The molecule has 2 aromatic rings. The van der Waals surface area contributed by atoms with Gasteiger partial charge in [0.2, 0.25) is 5.95 Å². The molecule has 3 rings (SSSR count). The lowest BCUT2D eigenvalue weighted by Crippen LogP contribution is -2.36. The van der Waals surface area contributed by atoms with E-state index in [9.17, 15) is 4.79 Å². The first-order valence-electron chi connectivity index (χ1n) is 7.60. The van der Waals surface area contributed by atoms with E-state index in [2.05, 4.69) is 42.7 Å². The Bertz CT molecular complexity index is 709. The largest absolute Gasteiger partial charge is 0.342 e. The van der Waals surface area contributed by atoms with E-state index in [0.29, 0.717) is 22.9 Å². The van der Waals surface area contributed by atoms with Crippen LogP contribution in [0.15, 0.2) is 11.0 Å². The number of aromatic amines is 1. The number of H-pyrrole nitrogens is 1. The SMILES string of the molecule is CC1CCCN(c2nc3c(cnn3C(C)(C)C)c(=O)[nH]2)C1. The zero-order chi connectivity index (χ0) is 15.2. The van der Waals surface area contributed by atoms with Gasteiger partial charge in [-0.15, -0.1) is 0 Å². The molecule has 1 aliphatic heterocycles. The van der Waals surface area contributed by atoms with Crippen molar-refractivity contribution in [3.8, 4) is 0 Å². The maximum absolute atomic E-state index is 12.3. The van der Waals surface area contributed by atoms with E-state index in [1.807, 2.05) is 4.68 Å². The fourth-order valence-corrected chi connectivity index (χ4v) is 2.93. The van der Waals surface area contributed by atoms with Gasteiger partial charge in [-0.1, -0.05) is 6.92 Å². The Morgan fingerprint density at radius 2 is 2.14 bits per heavy atom. The number of piperidine rings is 1. The van der Waals surface area contributed by atoms with Crippen LogP contribution in [0.4, 0.5) is 5.95 Å². The molecule has 21 heavy (non-hydrogen) atoms. The molecule has 114 valence electrons. The Balaban J connectivity index is 2.11. The van der Waals surface area contributed by atoms with Gasteiger partial charge in [0.05, 0.1) is 11.7 Å². The van der Waals surface area contributed by atoms with Crippen molar-refractivity contribution >= 4 is 17.0 Å². The minimum absolute atomic E-state index is 0.108. The van der Waals surface area contributed by atoms with Gasteiger partial charge < -0.3 is 4.90 Å². The van der Waals surface area contributed by atoms with Gasteiger partial charge in [-0.25, -0.2) is 4.68 Å². The molecule has 1 N–H and O–H groups in total. The van der Waals surface area contributed by atoms with E-state index in [0.717, 1.165) is 19.5 Å². The molecule has 0 aromatic carbocycles. The predicted molar refractivity (Wildman–Crippen MR) is 83.8 cm³/mol. The molecule has 6 heteroatoms. The van der Waals surface area contributed by atoms with Crippen molar-refractivity contribution in [2.45, 2.75) is 46.1 Å². The molecule has 0 spiro atoms. The maximum atomic E-state index is 12.3. The van der Waals surface area contributed by atoms with Gasteiger partial charge >= 0.3 is 0 Å². The molecule has 1 unspecified atom stereocenters. The fourth-order valence-electron chi connectivity index (χ4n) is 2.93. The van der Waals surface area contributed by atoms with Crippen molar-refractivity contribution in [1.82, 2.24) is 19.7 Å². The van der Waals surface area contributed by atoms with E-state index in [-0.39, 0.29) is 11.1 Å². The van der Waals surface area contributed by atoms with Crippen LogP contribution in [-0.4, -0.2) is 32.8 Å². The summed E-state index contributed by atoms with van der Waals surface area (Å²) in [6.45, 7) is 10.3. The lowest BCUT2D eigenvalue weighted by molar-refractivity contribution is 0.365. The molecule has 0 radical (unpaired) electrons. The smallest absolute Gasteiger partial charge is 0.263 e. The molecule has 0 aliphatic carbocycles. The number of anilines is 1. The molecule has 2 aromatic heterocycles. The second-order valence-corrected chi connectivity index (χ2v) is 7.05. The first-order chi connectivity index (χ1) is 9.86. The van der Waals surface area contributed by atoms with Crippen LogP contribution in [0.5, 0.6) is 0 Å². The summed E-state index contributed by atoms with van der Waals surface area (Å²) >= 11 is 0. The van der Waals surface area contributed by atoms with Gasteiger partial charge in [0.15, 0.2) is 5.65 Å². The lowest BCUT2D eigenvalue weighted by atomic mass is 10.0. The lowest BCUT2D eigenvalue weighted by Gasteiger charge is -2.31. The highest BCUT2D eigenvalue weighted by atomic mass is 16.1. The van der Waals surface area contributed by atoms with Crippen molar-refractivity contribution in [3.05, 3.63) is 16.6 Å². The summed E-state index contributed by atoms with van der Waals surface area (Å²) < 4.78 is 1.83. The van der Waals surface area contributed by atoms with Crippen LogP contribution in [-0.2, 0) is 5.54 Å². The Labute approximate surface area is 124 Å². The molecular weight excluding hydrogens is 266 g/mol. The van der Waals surface area contributed by atoms with Gasteiger partial charge in [0.25, 0.3) is 5.56 Å². The van der Waals surface area contributed by atoms with Crippen molar-refractivity contribution in [2.24, 2.45) is 5.92 Å².